The van der Waals surface area contributed by atoms with Gasteiger partial charge in [-0.05, 0) is 72.4 Å². The SMILES string of the molecule is CCNC(=NCC1(C)CCCO1)NCC1CCN(Cc2nc(C)c(C)o2)CC1.I. The average molecular weight is 519 g/mol. The lowest BCUT2D eigenvalue weighted by Gasteiger charge is -2.31. The number of piperidine rings is 1. The van der Waals surface area contributed by atoms with Crippen molar-refractivity contribution in [2.75, 3.05) is 39.3 Å². The first-order valence-corrected chi connectivity index (χ1v) is 10.8. The lowest BCUT2D eigenvalue weighted by Crippen LogP contribution is -2.43. The molecule has 0 aliphatic carbocycles. The van der Waals surface area contributed by atoms with E-state index in [-0.39, 0.29) is 29.6 Å². The first-order valence-electron chi connectivity index (χ1n) is 10.8. The predicted octanol–water partition coefficient (Wildman–Crippen LogP) is 3.25. The molecule has 1 aromatic rings. The van der Waals surface area contributed by atoms with E-state index in [1.54, 1.807) is 0 Å². The van der Waals surface area contributed by atoms with Gasteiger partial charge < -0.3 is 19.8 Å². The number of aliphatic imine (C=N–C) groups is 1. The number of oxazole rings is 1. The molecule has 7 nitrogen and oxygen atoms in total. The number of aromatic nitrogens is 1. The molecule has 2 N–H and O–H groups in total. The molecular formula is C21H38IN5O2. The summed E-state index contributed by atoms with van der Waals surface area (Å²) in [5, 5.41) is 6.91. The molecule has 166 valence electrons. The second-order valence-corrected chi connectivity index (χ2v) is 8.45. The lowest BCUT2D eigenvalue weighted by atomic mass is 9.97. The molecule has 0 aromatic carbocycles. The Labute approximate surface area is 192 Å². The molecule has 1 atom stereocenters. The Morgan fingerprint density at radius 3 is 2.62 bits per heavy atom. The largest absolute Gasteiger partial charge is 0.444 e. The van der Waals surface area contributed by atoms with E-state index in [9.17, 15) is 0 Å². The molecule has 2 aliphatic heterocycles. The van der Waals surface area contributed by atoms with Crippen molar-refractivity contribution in [1.82, 2.24) is 20.5 Å². The zero-order chi connectivity index (χ0) is 20.0. The molecule has 0 radical (unpaired) electrons. The van der Waals surface area contributed by atoms with Gasteiger partial charge in [0.2, 0.25) is 5.89 Å². The molecule has 1 unspecified atom stereocenters. The Morgan fingerprint density at radius 2 is 2.03 bits per heavy atom. The number of ether oxygens (including phenoxy) is 1. The van der Waals surface area contributed by atoms with Crippen LogP contribution in [0.5, 0.6) is 0 Å². The average Bonchev–Trinajstić information content (AvgIpc) is 3.24. The summed E-state index contributed by atoms with van der Waals surface area (Å²) in [6.07, 6.45) is 4.61. The minimum Gasteiger partial charge on any atom is -0.444 e. The molecule has 0 amide bonds. The van der Waals surface area contributed by atoms with Gasteiger partial charge in [-0.3, -0.25) is 9.89 Å². The molecular weight excluding hydrogens is 481 g/mol. The van der Waals surface area contributed by atoms with Crippen molar-refractivity contribution >= 4 is 29.9 Å². The van der Waals surface area contributed by atoms with Crippen LogP contribution >= 0.6 is 24.0 Å². The summed E-state index contributed by atoms with van der Waals surface area (Å²) in [6, 6.07) is 0. The highest BCUT2D eigenvalue weighted by Gasteiger charge is 2.29. The number of guanidine groups is 1. The van der Waals surface area contributed by atoms with Crippen molar-refractivity contribution in [3.05, 3.63) is 17.3 Å². The minimum absolute atomic E-state index is 0. The predicted molar refractivity (Wildman–Crippen MR) is 127 cm³/mol. The van der Waals surface area contributed by atoms with Crippen LogP contribution in [0, 0.1) is 19.8 Å². The standard InChI is InChI=1S/C21H37N5O2.HI/c1-5-22-20(24-15-21(4)9-6-12-27-21)23-13-18-7-10-26(11-8-18)14-19-25-16(2)17(3)28-19;/h18H,5-15H2,1-4H3,(H2,22,23,24);1H. The van der Waals surface area contributed by atoms with E-state index in [0.717, 1.165) is 82.0 Å². The number of likely N-dealkylation sites (tertiary alicyclic amines) is 1. The van der Waals surface area contributed by atoms with E-state index in [2.05, 4.69) is 34.4 Å². The zero-order valence-corrected chi connectivity index (χ0v) is 20.8. The number of hydrogen-bond acceptors (Lipinski definition) is 5. The van der Waals surface area contributed by atoms with Gasteiger partial charge in [-0.2, -0.15) is 0 Å². The van der Waals surface area contributed by atoms with Gasteiger partial charge in [0.25, 0.3) is 0 Å². The van der Waals surface area contributed by atoms with Crippen molar-refractivity contribution in [2.45, 2.75) is 65.5 Å². The maximum absolute atomic E-state index is 5.85. The second kappa shape index (κ2) is 11.5. The number of halogens is 1. The molecule has 29 heavy (non-hydrogen) atoms. The topological polar surface area (TPSA) is 74.9 Å². The van der Waals surface area contributed by atoms with Gasteiger partial charge in [0.15, 0.2) is 5.96 Å². The van der Waals surface area contributed by atoms with E-state index >= 15 is 0 Å². The molecule has 3 rings (SSSR count). The van der Waals surface area contributed by atoms with Gasteiger partial charge in [0.05, 0.1) is 24.4 Å². The summed E-state index contributed by atoms with van der Waals surface area (Å²) in [7, 11) is 0. The van der Waals surface area contributed by atoms with Gasteiger partial charge in [-0.1, -0.05) is 0 Å². The fourth-order valence-corrected chi connectivity index (χ4v) is 3.94. The smallest absolute Gasteiger partial charge is 0.208 e. The van der Waals surface area contributed by atoms with E-state index in [1.165, 1.54) is 12.8 Å². The van der Waals surface area contributed by atoms with Crippen LogP contribution < -0.4 is 10.6 Å². The zero-order valence-electron chi connectivity index (χ0n) is 18.4. The Kier molecular flexibility index (Phi) is 9.68. The summed E-state index contributed by atoms with van der Waals surface area (Å²) in [5.41, 5.74) is 0.908. The summed E-state index contributed by atoms with van der Waals surface area (Å²) >= 11 is 0. The molecule has 1 aromatic heterocycles. The quantitative estimate of drug-likeness (QED) is 0.328. The van der Waals surface area contributed by atoms with Crippen LogP contribution in [0.3, 0.4) is 0 Å². The first kappa shape index (κ1) is 24.4. The van der Waals surface area contributed by atoms with Gasteiger partial charge in [0.1, 0.15) is 5.76 Å². The van der Waals surface area contributed by atoms with Crippen molar-refractivity contribution in [2.24, 2.45) is 10.9 Å². The summed E-state index contributed by atoms with van der Waals surface area (Å²) in [6.45, 7) is 14.7. The van der Waals surface area contributed by atoms with Crippen LogP contribution in [0.25, 0.3) is 0 Å². The third-order valence-corrected chi connectivity index (χ3v) is 5.91. The van der Waals surface area contributed by atoms with Crippen molar-refractivity contribution in [1.29, 1.82) is 0 Å². The molecule has 8 heteroatoms. The number of aryl methyl sites for hydroxylation is 2. The fourth-order valence-electron chi connectivity index (χ4n) is 3.94. The van der Waals surface area contributed by atoms with Crippen LogP contribution in [0.4, 0.5) is 0 Å². The Hall–Kier alpha value is -0.870. The monoisotopic (exact) mass is 519 g/mol. The highest BCUT2D eigenvalue weighted by Crippen LogP contribution is 2.25. The number of rotatable bonds is 7. The summed E-state index contributed by atoms with van der Waals surface area (Å²) in [5.74, 6) is 3.36. The molecule has 3 heterocycles. The molecule has 0 bridgehead atoms. The number of nitrogens with zero attached hydrogens (tertiary/aromatic N) is 3. The van der Waals surface area contributed by atoms with Crippen molar-refractivity contribution in [3.63, 3.8) is 0 Å². The molecule has 2 fully saturated rings. The highest BCUT2D eigenvalue weighted by atomic mass is 127. The van der Waals surface area contributed by atoms with E-state index in [0.29, 0.717) is 5.92 Å². The Morgan fingerprint density at radius 1 is 1.28 bits per heavy atom. The van der Waals surface area contributed by atoms with Gasteiger partial charge in [-0.15, -0.1) is 24.0 Å². The van der Waals surface area contributed by atoms with Crippen LogP contribution in [-0.4, -0.2) is 60.8 Å². The Bertz CT molecular complexity index is 630. The van der Waals surface area contributed by atoms with Crippen LogP contribution in [0.1, 0.15) is 56.9 Å². The molecule has 0 saturated carbocycles. The van der Waals surface area contributed by atoms with Crippen molar-refractivity contribution < 1.29 is 9.15 Å². The van der Waals surface area contributed by atoms with Gasteiger partial charge in [-0.25, -0.2) is 4.98 Å². The van der Waals surface area contributed by atoms with E-state index in [4.69, 9.17) is 14.1 Å². The first-order chi connectivity index (χ1) is 13.5. The molecule has 0 spiro atoms. The summed E-state index contributed by atoms with van der Waals surface area (Å²) < 4.78 is 11.6. The van der Waals surface area contributed by atoms with Gasteiger partial charge in [0, 0.05) is 19.7 Å². The summed E-state index contributed by atoms with van der Waals surface area (Å²) in [4.78, 5) is 11.7. The van der Waals surface area contributed by atoms with Gasteiger partial charge >= 0.3 is 0 Å². The van der Waals surface area contributed by atoms with E-state index in [1.807, 2.05) is 13.8 Å². The maximum Gasteiger partial charge on any atom is 0.208 e. The second-order valence-electron chi connectivity index (χ2n) is 8.45. The minimum atomic E-state index is -0.0930. The fraction of sp³-hybridized carbons (Fsp3) is 0.810. The van der Waals surface area contributed by atoms with Crippen LogP contribution in [0.2, 0.25) is 0 Å². The third kappa shape index (κ3) is 7.40. The highest BCUT2D eigenvalue weighted by molar-refractivity contribution is 14.0. The number of hydrogen-bond donors (Lipinski definition) is 2. The lowest BCUT2D eigenvalue weighted by molar-refractivity contribution is 0.0283. The molecule has 2 aliphatic rings. The van der Waals surface area contributed by atoms with Crippen LogP contribution in [0.15, 0.2) is 9.41 Å². The third-order valence-electron chi connectivity index (χ3n) is 5.91. The normalized spacial score (nSPS) is 23.8. The van der Waals surface area contributed by atoms with Crippen molar-refractivity contribution in [3.8, 4) is 0 Å². The Balaban J connectivity index is 0.00000300. The number of nitrogens with one attached hydrogen (secondary N) is 2. The van der Waals surface area contributed by atoms with Crippen LogP contribution in [-0.2, 0) is 11.3 Å². The maximum atomic E-state index is 5.85. The van der Waals surface area contributed by atoms with E-state index < -0.39 is 0 Å². The molecule has 2 saturated heterocycles.